The minimum absolute atomic E-state index is 0.162. The zero-order valence-corrected chi connectivity index (χ0v) is 25.7. The van der Waals surface area contributed by atoms with Crippen molar-refractivity contribution in [3.63, 3.8) is 0 Å². The lowest BCUT2D eigenvalue weighted by atomic mass is 10.0. The minimum Gasteiger partial charge on any atom is -0.492 e. The van der Waals surface area contributed by atoms with E-state index in [9.17, 15) is 9.59 Å². The molecule has 0 saturated carbocycles. The number of hydrogen-bond acceptors (Lipinski definition) is 7. The molecule has 1 N–H and O–H groups in total. The number of ether oxygens (including phenoxy) is 2. The maximum atomic E-state index is 13.3. The molecule has 2 saturated heterocycles. The van der Waals surface area contributed by atoms with Crippen molar-refractivity contribution in [2.45, 2.75) is 6.42 Å². The molecule has 2 aliphatic heterocycles. The molecule has 0 unspecified atom stereocenters. The Balaban J connectivity index is 1.33. The van der Waals surface area contributed by atoms with Crippen molar-refractivity contribution >= 4 is 69.5 Å². The van der Waals surface area contributed by atoms with Crippen LogP contribution in [0.4, 0.5) is 0 Å². The van der Waals surface area contributed by atoms with Crippen molar-refractivity contribution in [3.05, 3.63) is 92.3 Å². The van der Waals surface area contributed by atoms with E-state index in [0.29, 0.717) is 44.6 Å². The summed E-state index contributed by atoms with van der Waals surface area (Å²) in [6, 6.07) is 17.8. The van der Waals surface area contributed by atoms with E-state index in [4.69, 9.17) is 50.0 Å². The zero-order chi connectivity index (χ0) is 29.6. The number of nitrogens with zero attached hydrogens (tertiary/aromatic N) is 2. The molecule has 2 heterocycles. The van der Waals surface area contributed by atoms with Crippen molar-refractivity contribution in [1.82, 2.24) is 9.80 Å². The van der Waals surface area contributed by atoms with Crippen LogP contribution in [0.1, 0.15) is 21.5 Å². The van der Waals surface area contributed by atoms with E-state index >= 15 is 0 Å². The molecule has 0 bridgehead atoms. The van der Waals surface area contributed by atoms with Crippen LogP contribution in [0.15, 0.2) is 65.6 Å². The van der Waals surface area contributed by atoms with E-state index < -0.39 is 5.97 Å². The number of benzene rings is 3. The van der Waals surface area contributed by atoms with Gasteiger partial charge < -0.3 is 14.6 Å². The van der Waals surface area contributed by atoms with Crippen molar-refractivity contribution < 1.29 is 24.2 Å². The number of carbonyl (C=O) groups is 2. The van der Waals surface area contributed by atoms with Gasteiger partial charge in [-0.1, -0.05) is 65.4 Å². The van der Waals surface area contributed by atoms with Crippen LogP contribution in [0, 0.1) is 0 Å². The lowest BCUT2D eigenvalue weighted by Crippen LogP contribution is -2.38. The van der Waals surface area contributed by atoms with E-state index in [0.717, 1.165) is 55.1 Å². The molecule has 11 heteroatoms. The molecule has 7 nitrogen and oxygen atoms in total. The van der Waals surface area contributed by atoms with Crippen LogP contribution in [-0.4, -0.2) is 77.1 Å². The lowest BCUT2D eigenvalue weighted by molar-refractivity contribution is -0.122. The van der Waals surface area contributed by atoms with Crippen LogP contribution in [0.2, 0.25) is 10.0 Å². The number of thiocarbonyl (C=S) groups is 1. The second kappa shape index (κ2) is 14.0. The molecule has 0 radical (unpaired) electrons. The Bertz CT molecular complexity index is 1500. The third kappa shape index (κ3) is 7.72. The predicted molar refractivity (Wildman–Crippen MR) is 172 cm³/mol. The number of halogens is 2. The number of carbonyl (C=O) groups excluding carboxylic acids is 1. The Morgan fingerprint density at radius 3 is 2.43 bits per heavy atom. The number of amides is 1. The Labute approximate surface area is 264 Å². The number of morpholine rings is 1. The summed E-state index contributed by atoms with van der Waals surface area (Å²) < 4.78 is 12.1. The number of rotatable bonds is 10. The molecule has 3 aromatic rings. The van der Waals surface area contributed by atoms with Crippen LogP contribution < -0.4 is 4.74 Å². The van der Waals surface area contributed by atoms with E-state index in [1.54, 1.807) is 35.2 Å². The van der Waals surface area contributed by atoms with Crippen molar-refractivity contribution in [1.29, 1.82) is 0 Å². The topological polar surface area (TPSA) is 79.3 Å². The molecule has 5 rings (SSSR count). The second-order valence-electron chi connectivity index (χ2n) is 9.80. The van der Waals surface area contributed by atoms with E-state index in [-0.39, 0.29) is 11.5 Å². The van der Waals surface area contributed by atoms with Gasteiger partial charge in [-0.05, 0) is 71.7 Å². The van der Waals surface area contributed by atoms with E-state index in [1.165, 1.54) is 11.8 Å². The zero-order valence-electron chi connectivity index (χ0n) is 22.6. The summed E-state index contributed by atoms with van der Waals surface area (Å²) in [6.07, 6.45) is 2.38. The normalized spacial score (nSPS) is 16.8. The number of thioether (sulfide) groups is 1. The van der Waals surface area contributed by atoms with Gasteiger partial charge in [0.25, 0.3) is 5.91 Å². The Morgan fingerprint density at radius 1 is 1.02 bits per heavy atom. The number of carboxylic acids is 1. The van der Waals surface area contributed by atoms with Crippen LogP contribution >= 0.6 is 47.2 Å². The standard InChI is InChI=1S/C31H28Cl2N2O5S2/c32-24-17-23(18-25(33)19-24)26-15-21(3-6-27(26)40-14-11-34-9-12-39-13-10-34)16-28-29(36)35(31(41)42-28)8-7-20-1-4-22(5-2-20)30(37)38/h1-6,15-19H,7-14H2,(H,37,38). The average molecular weight is 644 g/mol. The van der Waals surface area contributed by atoms with E-state index in [1.807, 2.05) is 36.4 Å². The van der Waals surface area contributed by atoms with Gasteiger partial charge in [0, 0.05) is 41.8 Å². The summed E-state index contributed by atoms with van der Waals surface area (Å²) in [6.45, 7) is 4.92. The van der Waals surface area contributed by atoms with Gasteiger partial charge in [0.05, 0.1) is 23.7 Å². The Kier molecular flexibility index (Phi) is 10.2. The van der Waals surface area contributed by atoms with Gasteiger partial charge in [0.1, 0.15) is 16.7 Å². The van der Waals surface area contributed by atoms with Gasteiger partial charge in [-0.3, -0.25) is 14.6 Å². The third-order valence-corrected chi connectivity index (χ3v) is 8.76. The molecule has 2 aliphatic rings. The summed E-state index contributed by atoms with van der Waals surface area (Å²) in [5.41, 5.74) is 3.58. The highest BCUT2D eigenvalue weighted by Crippen LogP contribution is 2.37. The predicted octanol–water partition coefficient (Wildman–Crippen LogP) is 6.51. The molecule has 42 heavy (non-hydrogen) atoms. The first kappa shape index (κ1) is 30.5. The lowest BCUT2D eigenvalue weighted by Gasteiger charge is -2.26. The fourth-order valence-electron chi connectivity index (χ4n) is 4.71. The van der Waals surface area contributed by atoms with Crippen LogP contribution in [-0.2, 0) is 16.0 Å². The first-order valence-electron chi connectivity index (χ1n) is 13.4. The molecule has 2 fully saturated rings. The molecule has 0 aliphatic carbocycles. The monoisotopic (exact) mass is 642 g/mol. The van der Waals surface area contributed by atoms with Gasteiger partial charge in [0.15, 0.2) is 0 Å². The van der Waals surface area contributed by atoms with Crippen LogP contribution in [0.25, 0.3) is 17.2 Å². The SMILES string of the molecule is O=C(O)c1ccc(CCN2C(=O)C(=Cc3ccc(OCCN4CCOCC4)c(-c4cc(Cl)cc(Cl)c4)c3)SC2=S)cc1. The van der Waals surface area contributed by atoms with Crippen LogP contribution in [0.3, 0.4) is 0 Å². The average Bonchev–Trinajstić information content (AvgIpc) is 3.24. The Hall–Kier alpha value is -2.92. The maximum Gasteiger partial charge on any atom is 0.335 e. The fourth-order valence-corrected chi connectivity index (χ4v) is 6.54. The fraction of sp³-hybridized carbons (Fsp3) is 0.258. The highest BCUT2D eigenvalue weighted by molar-refractivity contribution is 8.26. The summed E-state index contributed by atoms with van der Waals surface area (Å²) in [5, 5.41) is 10.1. The molecule has 3 aromatic carbocycles. The molecular formula is C31H28Cl2N2O5S2. The molecule has 0 spiro atoms. The van der Waals surface area contributed by atoms with Gasteiger partial charge in [-0.15, -0.1) is 0 Å². The van der Waals surface area contributed by atoms with E-state index in [2.05, 4.69) is 4.90 Å². The van der Waals surface area contributed by atoms with Gasteiger partial charge in [0.2, 0.25) is 0 Å². The first-order valence-corrected chi connectivity index (χ1v) is 15.4. The maximum absolute atomic E-state index is 13.3. The number of aromatic carboxylic acids is 1. The quantitative estimate of drug-likeness (QED) is 0.198. The number of hydrogen-bond donors (Lipinski definition) is 1. The van der Waals surface area contributed by atoms with Gasteiger partial charge >= 0.3 is 5.97 Å². The summed E-state index contributed by atoms with van der Waals surface area (Å²) >= 11 is 19.4. The molecule has 0 aromatic heterocycles. The smallest absolute Gasteiger partial charge is 0.335 e. The molecule has 1 amide bonds. The van der Waals surface area contributed by atoms with Crippen molar-refractivity contribution in [2.24, 2.45) is 0 Å². The highest BCUT2D eigenvalue weighted by atomic mass is 35.5. The summed E-state index contributed by atoms with van der Waals surface area (Å²) in [5.74, 6) is -0.441. The van der Waals surface area contributed by atoms with Gasteiger partial charge in [-0.25, -0.2) is 4.79 Å². The van der Waals surface area contributed by atoms with Crippen molar-refractivity contribution in [2.75, 3.05) is 46.0 Å². The Morgan fingerprint density at radius 2 is 1.74 bits per heavy atom. The molecule has 218 valence electrons. The largest absolute Gasteiger partial charge is 0.492 e. The summed E-state index contributed by atoms with van der Waals surface area (Å²) in [7, 11) is 0. The first-order chi connectivity index (χ1) is 20.3. The summed E-state index contributed by atoms with van der Waals surface area (Å²) in [4.78, 5) is 28.8. The van der Waals surface area contributed by atoms with Gasteiger partial charge in [-0.2, -0.15) is 0 Å². The van der Waals surface area contributed by atoms with Crippen LogP contribution in [0.5, 0.6) is 5.75 Å². The minimum atomic E-state index is -0.974. The van der Waals surface area contributed by atoms with Crippen molar-refractivity contribution in [3.8, 4) is 16.9 Å². The second-order valence-corrected chi connectivity index (χ2v) is 12.4. The third-order valence-electron chi connectivity index (χ3n) is 6.94. The molecule has 0 atom stereocenters. The highest BCUT2D eigenvalue weighted by Gasteiger charge is 2.31. The molecular weight excluding hydrogens is 615 g/mol. The number of carboxylic acid groups (broad SMARTS) is 1.